The number of sulfonamides is 1. The Hall–Kier alpha value is -4.20. The smallest absolute Gasteiger partial charge is 0.307 e. The third-order valence-electron chi connectivity index (χ3n) is 12.0. The van der Waals surface area contributed by atoms with E-state index in [0.29, 0.717) is 61.8 Å². The standard InChI is InChI=1S/C42H56N4O9S/c1-25-9-7-8-10-27-22-42(27,40(50)44-56(51,52)29-11-12-29)23-35(47)34-20-28(24-46(34)39(49)32(26(2)19-25)21-36(48)55-41(3,4)5)54-38-31-13-14-33-37(30(31)15-16-43-38)53-18-17-45(33)6/h8,10,13-16,25-29,32,34H,7,9,11-12,17-24H2,1-6H3,(H,44,50)/b10-8-/t25-,26-,27-,28-,32+,34+,42-/m1/s1/i3D3,4D3,5D3. The van der Waals surface area contributed by atoms with Crippen LogP contribution in [0, 0.1) is 29.1 Å². The summed E-state index contributed by atoms with van der Waals surface area (Å²) in [6.07, 6.45) is 5.31. The molecule has 2 aromatic rings. The number of Topliss-reactive ketones (excluding diaryl/α,β-unsaturated/α-hetero) is 1. The van der Waals surface area contributed by atoms with E-state index in [9.17, 15) is 22.8 Å². The molecule has 56 heavy (non-hydrogen) atoms. The van der Waals surface area contributed by atoms with Crippen LogP contribution < -0.4 is 19.1 Å². The predicted molar refractivity (Wildman–Crippen MR) is 211 cm³/mol. The van der Waals surface area contributed by atoms with Crippen LogP contribution >= 0.6 is 0 Å². The zero-order valence-electron chi connectivity index (χ0n) is 40.9. The van der Waals surface area contributed by atoms with Gasteiger partial charge in [0.2, 0.25) is 27.7 Å². The highest BCUT2D eigenvalue weighted by Crippen LogP contribution is 2.57. The number of pyridine rings is 1. The molecule has 4 heterocycles. The van der Waals surface area contributed by atoms with Gasteiger partial charge in [0.05, 0.1) is 47.8 Å². The van der Waals surface area contributed by atoms with Gasteiger partial charge in [-0.05, 0) is 95.0 Å². The van der Waals surface area contributed by atoms with E-state index in [1.165, 1.54) is 4.90 Å². The van der Waals surface area contributed by atoms with Crippen LogP contribution in [-0.4, -0.2) is 91.6 Å². The average molecular weight is 802 g/mol. The van der Waals surface area contributed by atoms with Crippen molar-refractivity contribution in [2.75, 3.05) is 31.6 Å². The van der Waals surface area contributed by atoms with Crippen molar-refractivity contribution in [3.63, 3.8) is 0 Å². The summed E-state index contributed by atoms with van der Waals surface area (Å²) in [5.74, 6) is -5.50. The Morgan fingerprint density at radius 3 is 2.64 bits per heavy atom. The van der Waals surface area contributed by atoms with Gasteiger partial charge in [0, 0.05) is 49.2 Å². The first-order valence-electron chi connectivity index (χ1n) is 23.9. The van der Waals surface area contributed by atoms with Crippen molar-refractivity contribution in [1.29, 1.82) is 0 Å². The molecule has 3 fully saturated rings. The highest BCUT2D eigenvalue weighted by Gasteiger charge is 2.61. The summed E-state index contributed by atoms with van der Waals surface area (Å²) >= 11 is 0. The first-order chi connectivity index (χ1) is 30.2. The Labute approximate surface area is 342 Å². The van der Waals surface area contributed by atoms with E-state index in [0.717, 1.165) is 5.69 Å². The maximum absolute atomic E-state index is 15.2. The van der Waals surface area contributed by atoms with E-state index >= 15 is 4.79 Å². The number of allylic oxidation sites excluding steroid dienone is 2. The fourth-order valence-electron chi connectivity index (χ4n) is 8.68. The number of nitrogens with zero attached hydrogens (tertiary/aromatic N) is 3. The summed E-state index contributed by atoms with van der Waals surface area (Å²) in [6, 6.07) is 4.21. The third kappa shape index (κ3) is 8.40. The minimum absolute atomic E-state index is 0.0905. The Kier molecular flexibility index (Phi) is 8.17. The van der Waals surface area contributed by atoms with E-state index in [4.69, 9.17) is 26.5 Å². The van der Waals surface area contributed by atoms with Crippen molar-refractivity contribution < 1.29 is 54.1 Å². The SMILES string of the molecule is [2H]C([2H])([2H])C(OC(=O)C[C@@H]1C(=O)N2C[C@H](Oc3nccc4c5c(ccc34)N(C)CCO5)C[C@H]2C(=O)C[C@]2(C(=O)NS(=O)(=O)C3CC3)C[C@H]2/C=C\CC[C@@H](C)C[C@H]1C)(C([2H])([2H])[2H])C([2H])([2H])[2H]. The van der Waals surface area contributed by atoms with Crippen LogP contribution in [0.3, 0.4) is 0 Å². The summed E-state index contributed by atoms with van der Waals surface area (Å²) in [5, 5.41) is 0.601. The van der Waals surface area contributed by atoms with Gasteiger partial charge in [-0.3, -0.25) is 23.9 Å². The van der Waals surface area contributed by atoms with Crippen molar-refractivity contribution in [2.45, 2.75) is 115 Å². The summed E-state index contributed by atoms with van der Waals surface area (Å²) in [5.41, 5.74) is -4.51. The normalized spacial score (nSPS) is 33.6. The second-order valence-corrected chi connectivity index (χ2v) is 18.4. The van der Waals surface area contributed by atoms with Crippen molar-refractivity contribution in [2.24, 2.45) is 29.1 Å². The number of ketones is 1. The monoisotopic (exact) mass is 801 g/mol. The molecule has 5 aliphatic rings. The van der Waals surface area contributed by atoms with E-state index in [2.05, 4.69) is 14.6 Å². The van der Waals surface area contributed by atoms with Crippen LogP contribution in [0.15, 0.2) is 36.5 Å². The Balaban J connectivity index is 1.26. The molecular formula is C42H56N4O9S. The summed E-state index contributed by atoms with van der Waals surface area (Å²) in [7, 11) is -2.05. The van der Waals surface area contributed by atoms with E-state index in [-0.39, 0.29) is 31.2 Å². The van der Waals surface area contributed by atoms with Gasteiger partial charge in [-0.2, -0.15) is 0 Å². The number of likely N-dealkylation sites (N-methyl/N-ethyl adjacent to an activating group) is 1. The van der Waals surface area contributed by atoms with Crippen LogP contribution in [0.4, 0.5) is 5.69 Å². The van der Waals surface area contributed by atoms with Crippen molar-refractivity contribution in [1.82, 2.24) is 14.6 Å². The van der Waals surface area contributed by atoms with Gasteiger partial charge in [0.15, 0.2) is 11.5 Å². The maximum Gasteiger partial charge on any atom is 0.307 e. The molecule has 1 saturated heterocycles. The van der Waals surface area contributed by atoms with Gasteiger partial charge in [0.25, 0.3) is 0 Å². The quantitative estimate of drug-likeness (QED) is 0.284. The largest absolute Gasteiger partial charge is 0.489 e. The molecule has 2 saturated carbocycles. The molecule has 14 heteroatoms. The highest BCUT2D eigenvalue weighted by molar-refractivity contribution is 7.90. The first kappa shape index (κ1) is 30.0. The Morgan fingerprint density at radius 2 is 1.89 bits per heavy atom. The van der Waals surface area contributed by atoms with E-state index in [1.807, 2.05) is 38.3 Å². The molecule has 1 N–H and O–H groups in total. The minimum atomic E-state index is -3.99. The number of benzene rings is 1. The van der Waals surface area contributed by atoms with Gasteiger partial charge >= 0.3 is 5.97 Å². The second-order valence-electron chi connectivity index (χ2n) is 16.5. The lowest BCUT2D eigenvalue weighted by Crippen LogP contribution is -2.47. The fourth-order valence-corrected chi connectivity index (χ4v) is 10.1. The zero-order chi connectivity index (χ0) is 47.7. The molecule has 0 spiro atoms. The molecule has 2 aliphatic carbocycles. The molecule has 13 nitrogen and oxygen atoms in total. The summed E-state index contributed by atoms with van der Waals surface area (Å²) < 4.78 is 118. The fraction of sp³-hybridized carbons (Fsp3) is 0.643. The van der Waals surface area contributed by atoms with E-state index < -0.39 is 113 Å². The number of carbonyl (C=O) groups is 4. The molecule has 0 bridgehead atoms. The number of aromatic nitrogens is 1. The van der Waals surface area contributed by atoms with Crippen LogP contribution in [0.1, 0.15) is 105 Å². The van der Waals surface area contributed by atoms with Crippen LogP contribution in [0.25, 0.3) is 10.8 Å². The highest BCUT2D eigenvalue weighted by atomic mass is 32.2. The van der Waals surface area contributed by atoms with Crippen molar-refractivity contribution in [3.8, 4) is 11.6 Å². The Bertz CT molecular complexity index is 2320. The van der Waals surface area contributed by atoms with Crippen molar-refractivity contribution in [3.05, 3.63) is 36.5 Å². The number of esters is 1. The zero-order valence-corrected chi connectivity index (χ0v) is 32.7. The van der Waals surface area contributed by atoms with Crippen LogP contribution in [0.2, 0.25) is 0 Å². The summed E-state index contributed by atoms with van der Waals surface area (Å²) in [4.78, 5) is 65.7. The lowest BCUT2D eigenvalue weighted by atomic mass is 9.82. The molecular weight excluding hydrogens is 737 g/mol. The number of hydrogen-bond acceptors (Lipinski definition) is 11. The number of ether oxygens (including phenoxy) is 3. The van der Waals surface area contributed by atoms with Crippen LogP contribution in [0.5, 0.6) is 11.6 Å². The van der Waals surface area contributed by atoms with E-state index in [1.54, 1.807) is 19.2 Å². The maximum atomic E-state index is 15.2. The van der Waals surface area contributed by atoms with Gasteiger partial charge in [-0.25, -0.2) is 13.4 Å². The van der Waals surface area contributed by atoms with Gasteiger partial charge in [-0.1, -0.05) is 26.0 Å². The average Bonchev–Trinajstić information content (AvgIpc) is 4.13. The molecule has 7 rings (SSSR count). The lowest BCUT2D eigenvalue weighted by Gasteiger charge is -2.32. The number of fused-ring (bicyclic) bond motifs is 5. The number of hydrogen-bond donors (Lipinski definition) is 1. The number of carbonyl (C=O) groups excluding carboxylic acids is 4. The van der Waals surface area contributed by atoms with Crippen molar-refractivity contribution >= 4 is 50.1 Å². The molecule has 0 unspecified atom stereocenters. The summed E-state index contributed by atoms with van der Waals surface area (Å²) in [6.45, 7) is -7.06. The molecule has 1 aromatic heterocycles. The first-order valence-corrected chi connectivity index (χ1v) is 21.0. The van der Waals surface area contributed by atoms with Gasteiger partial charge < -0.3 is 24.0 Å². The second kappa shape index (κ2) is 15.3. The molecule has 0 radical (unpaired) electrons. The van der Waals surface area contributed by atoms with Crippen LogP contribution in [-0.2, 0) is 33.9 Å². The minimum Gasteiger partial charge on any atom is -0.489 e. The number of nitrogens with one attached hydrogen (secondary N) is 1. The Morgan fingerprint density at radius 1 is 1.11 bits per heavy atom. The number of amides is 2. The molecule has 7 atom stereocenters. The lowest BCUT2D eigenvalue weighted by molar-refractivity contribution is -0.160. The molecule has 2 amide bonds. The molecule has 304 valence electrons. The number of rotatable bonds is 7. The molecule has 3 aliphatic heterocycles. The van der Waals surface area contributed by atoms with Gasteiger partial charge in [0.1, 0.15) is 18.3 Å². The predicted octanol–water partition coefficient (Wildman–Crippen LogP) is 5.35. The molecule has 1 aromatic carbocycles. The number of anilines is 1. The third-order valence-corrected chi connectivity index (χ3v) is 13.8. The van der Waals surface area contributed by atoms with Gasteiger partial charge in [-0.15, -0.1) is 0 Å². The topological polar surface area (TPSA) is 162 Å².